The van der Waals surface area contributed by atoms with Crippen LogP contribution in [0.3, 0.4) is 0 Å². The number of ether oxygens (including phenoxy) is 1. The summed E-state index contributed by atoms with van der Waals surface area (Å²) in [7, 11) is 0. The van der Waals surface area contributed by atoms with Gasteiger partial charge in [0.15, 0.2) is 0 Å². The molecule has 2 rings (SSSR count). The number of carboxylic acid groups (broad SMARTS) is 1. The van der Waals surface area contributed by atoms with E-state index >= 15 is 0 Å². The Labute approximate surface area is 114 Å². The molecule has 5 nitrogen and oxygen atoms in total. The van der Waals surface area contributed by atoms with Gasteiger partial charge < -0.3 is 9.84 Å². The van der Waals surface area contributed by atoms with Crippen molar-refractivity contribution in [2.45, 2.75) is 13.8 Å². The quantitative estimate of drug-likeness (QED) is 0.933. The molecule has 0 spiro atoms. The molecule has 0 saturated heterocycles. The van der Waals surface area contributed by atoms with E-state index < -0.39 is 5.97 Å². The second kappa shape index (κ2) is 5.24. The topological polar surface area (TPSA) is 72.3 Å². The molecule has 0 aliphatic heterocycles. The van der Waals surface area contributed by atoms with Crippen molar-refractivity contribution in [3.05, 3.63) is 46.2 Å². The van der Waals surface area contributed by atoms with Crippen molar-refractivity contribution in [1.29, 1.82) is 0 Å². The summed E-state index contributed by atoms with van der Waals surface area (Å²) in [5, 5.41) is 9.04. The van der Waals surface area contributed by atoms with Crippen LogP contribution in [0.1, 0.15) is 21.7 Å². The van der Waals surface area contributed by atoms with Crippen LogP contribution >= 0.6 is 11.6 Å². The highest BCUT2D eigenvalue weighted by Gasteiger charge is 2.10. The molecule has 0 unspecified atom stereocenters. The first-order chi connectivity index (χ1) is 8.95. The van der Waals surface area contributed by atoms with Gasteiger partial charge in [0.2, 0.25) is 0 Å². The summed E-state index contributed by atoms with van der Waals surface area (Å²) in [5.74, 6) is -0.729. The van der Waals surface area contributed by atoms with Gasteiger partial charge in [-0.15, -0.1) is 0 Å². The summed E-state index contributed by atoms with van der Waals surface area (Å²) >= 11 is 5.96. The van der Waals surface area contributed by atoms with Gasteiger partial charge in [0.05, 0.1) is 10.6 Å². The normalized spacial score (nSPS) is 10.3. The van der Waals surface area contributed by atoms with Crippen molar-refractivity contribution in [3.8, 4) is 11.8 Å². The van der Waals surface area contributed by atoms with Crippen LogP contribution in [0.5, 0.6) is 11.8 Å². The molecule has 1 heterocycles. The lowest BCUT2D eigenvalue weighted by Gasteiger charge is -2.07. The Balaban J connectivity index is 2.30. The molecule has 0 bridgehead atoms. The fourth-order valence-corrected chi connectivity index (χ4v) is 1.77. The van der Waals surface area contributed by atoms with Crippen molar-refractivity contribution in [2.24, 2.45) is 0 Å². The summed E-state index contributed by atoms with van der Waals surface area (Å²) in [4.78, 5) is 19.0. The Kier molecular flexibility index (Phi) is 3.66. The van der Waals surface area contributed by atoms with Gasteiger partial charge in [0.25, 0.3) is 0 Å². The largest absolute Gasteiger partial charge is 0.478 e. The van der Waals surface area contributed by atoms with Crippen molar-refractivity contribution >= 4 is 17.6 Å². The van der Waals surface area contributed by atoms with Crippen molar-refractivity contribution in [2.75, 3.05) is 0 Å². The molecular weight excluding hydrogens is 268 g/mol. The Morgan fingerprint density at radius 1 is 1.21 bits per heavy atom. The van der Waals surface area contributed by atoms with Crippen molar-refractivity contribution in [1.82, 2.24) is 9.97 Å². The van der Waals surface area contributed by atoms with E-state index in [1.165, 1.54) is 18.2 Å². The van der Waals surface area contributed by atoms with Crippen LogP contribution in [0, 0.1) is 13.8 Å². The molecular formula is C13H11ClN2O3. The smallest absolute Gasteiger partial charge is 0.335 e. The highest BCUT2D eigenvalue weighted by Crippen LogP contribution is 2.28. The Morgan fingerprint density at radius 2 is 1.84 bits per heavy atom. The zero-order chi connectivity index (χ0) is 14.0. The number of hydrogen-bond donors (Lipinski definition) is 1. The van der Waals surface area contributed by atoms with Crippen LogP contribution in [0.25, 0.3) is 0 Å². The molecule has 0 fully saturated rings. The summed E-state index contributed by atoms with van der Waals surface area (Å²) in [6, 6.07) is 6.21. The number of aromatic carboxylic acids is 1. The van der Waals surface area contributed by atoms with Crippen LogP contribution in [0.4, 0.5) is 0 Å². The Hall–Kier alpha value is -2.14. The molecule has 1 aromatic heterocycles. The first-order valence-corrected chi connectivity index (χ1v) is 5.86. The van der Waals surface area contributed by atoms with Crippen LogP contribution in [0.2, 0.25) is 5.02 Å². The number of rotatable bonds is 3. The predicted octanol–water partition coefficient (Wildman–Crippen LogP) is 3.24. The minimum Gasteiger partial charge on any atom is -0.478 e. The number of hydrogen-bond acceptors (Lipinski definition) is 4. The minimum atomic E-state index is -1.05. The molecule has 0 atom stereocenters. The molecule has 0 amide bonds. The summed E-state index contributed by atoms with van der Waals surface area (Å²) in [6.07, 6.45) is 0. The maximum Gasteiger partial charge on any atom is 0.335 e. The fourth-order valence-electron chi connectivity index (χ4n) is 1.55. The van der Waals surface area contributed by atoms with E-state index in [-0.39, 0.29) is 16.6 Å². The van der Waals surface area contributed by atoms with Gasteiger partial charge in [-0.3, -0.25) is 0 Å². The number of carboxylic acids is 1. The first-order valence-electron chi connectivity index (χ1n) is 5.48. The van der Waals surface area contributed by atoms with E-state index in [2.05, 4.69) is 9.97 Å². The third-order valence-electron chi connectivity index (χ3n) is 2.34. The van der Waals surface area contributed by atoms with E-state index in [1.54, 1.807) is 0 Å². The number of halogens is 1. The molecule has 2 aromatic rings. The van der Waals surface area contributed by atoms with Crippen molar-refractivity contribution < 1.29 is 14.6 Å². The van der Waals surface area contributed by atoms with E-state index in [9.17, 15) is 4.79 Å². The van der Waals surface area contributed by atoms with Crippen LogP contribution in [-0.2, 0) is 0 Å². The van der Waals surface area contributed by atoms with Crippen LogP contribution in [0.15, 0.2) is 24.3 Å². The molecule has 1 aromatic carbocycles. The Bertz CT molecular complexity index is 624. The molecule has 0 aliphatic carbocycles. The zero-order valence-corrected chi connectivity index (χ0v) is 11.1. The first kappa shape index (κ1) is 13.3. The zero-order valence-electron chi connectivity index (χ0n) is 10.3. The van der Waals surface area contributed by atoms with Crippen molar-refractivity contribution in [3.63, 3.8) is 0 Å². The Morgan fingerprint density at radius 3 is 2.37 bits per heavy atom. The maximum atomic E-state index is 10.8. The highest BCUT2D eigenvalue weighted by molar-refractivity contribution is 6.32. The van der Waals surface area contributed by atoms with Gasteiger partial charge in [0.1, 0.15) is 5.75 Å². The lowest BCUT2D eigenvalue weighted by atomic mass is 10.2. The van der Waals surface area contributed by atoms with Crippen LogP contribution in [-0.4, -0.2) is 21.0 Å². The molecule has 0 aliphatic rings. The number of aryl methyl sites for hydroxylation is 2. The number of benzene rings is 1. The minimum absolute atomic E-state index is 0.0960. The lowest BCUT2D eigenvalue weighted by Crippen LogP contribution is -1.98. The fraction of sp³-hybridized carbons (Fsp3) is 0.154. The monoisotopic (exact) mass is 278 g/mol. The molecule has 19 heavy (non-hydrogen) atoms. The molecule has 1 N–H and O–H groups in total. The van der Waals surface area contributed by atoms with E-state index in [0.717, 1.165) is 11.4 Å². The van der Waals surface area contributed by atoms with E-state index in [4.69, 9.17) is 21.4 Å². The number of carbonyl (C=O) groups is 1. The van der Waals surface area contributed by atoms with E-state index in [0.29, 0.717) is 5.75 Å². The molecule has 0 radical (unpaired) electrons. The van der Waals surface area contributed by atoms with Gasteiger partial charge in [-0.25, -0.2) is 14.8 Å². The van der Waals surface area contributed by atoms with Gasteiger partial charge in [-0.1, -0.05) is 11.6 Å². The number of aromatic nitrogens is 2. The molecule has 6 heteroatoms. The van der Waals surface area contributed by atoms with E-state index in [1.807, 2.05) is 19.9 Å². The second-order valence-corrected chi connectivity index (χ2v) is 4.39. The van der Waals surface area contributed by atoms with Crippen LogP contribution < -0.4 is 4.74 Å². The number of nitrogens with zero attached hydrogens (tertiary/aromatic N) is 2. The lowest BCUT2D eigenvalue weighted by molar-refractivity contribution is 0.0697. The predicted molar refractivity (Wildman–Crippen MR) is 70.0 cm³/mol. The standard InChI is InChI=1S/C13H11ClN2O3/c1-7-5-8(2)16-13(15-7)19-11-4-3-9(12(17)18)6-10(11)14/h3-6H,1-2H3,(H,17,18). The van der Waals surface area contributed by atoms with Gasteiger partial charge in [-0.05, 0) is 38.1 Å². The summed E-state index contributed by atoms with van der Waals surface area (Å²) in [5.41, 5.74) is 1.65. The maximum absolute atomic E-state index is 10.8. The average molecular weight is 279 g/mol. The summed E-state index contributed by atoms with van der Waals surface area (Å²) < 4.78 is 5.46. The average Bonchev–Trinajstić information content (AvgIpc) is 2.30. The third-order valence-corrected chi connectivity index (χ3v) is 2.64. The molecule has 0 saturated carbocycles. The summed E-state index contributed by atoms with van der Waals surface area (Å²) in [6.45, 7) is 3.66. The third kappa shape index (κ3) is 3.20. The second-order valence-electron chi connectivity index (χ2n) is 3.99. The highest BCUT2D eigenvalue weighted by atomic mass is 35.5. The SMILES string of the molecule is Cc1cc(C)nc(Oc2ccc(C(=O)O)cc2Cl)n1. The van der Waals surface area contributed by atoms with Gasteiger partial charge in [-0.2, -0.15) is 0 Å². The molecule has 98 valence electrons. The van der Waals surface area contributed by atoms with Gasteiger partial charge >= 0.3 is 12.0 Å². The van der Waals surface area contributed by atoms with Gasteiger partial charge in [0, 0.05) is 11.4 Å².